The van der Waals surface area contributed by atoms with Crippen LogP contribution in [0.15, 0.2) is 97.2 Å². The van der Waals surface area contributed by atoms with E-state index in [1.165, 1.54) is 180 Å². The van der Waals surface area contributed by atoms with Crippen molar-refractivity contribution >= 4 is 17.9 Å². The van der Waals surface area contributed by atoms with Crippen molar-refractivity contribution in [3.05, 3.63) is 97.2 Å². The fourth-order valence-corrected chi connectivity index (χ4v) is 9.71. The van der Waals surface area contributed by atoms with Gasteiger partial charge in [0.05, 0.1) is 0 Å². The molecule has 0 heterocycles. The summed E-state index contributed by atoms with van der Waals surface area (Å²) in [5.74, 6) is -0.899. The third kappa shape index (κ3) is 65.1. The lowest BCUT2D eigenvalue weighted by molar-refractivity contribution is -0.167. The maximum atomic E-state index is 13.0. The van der Waals surface area contributed by atoms with Crippen molar-refractivity contribution in [3.63, 3.8) is 0 Å². The second-order valence-corrected chi connectivity index (χ2v) is 22.7. The zero-order chi connectivity index (χ0) is 57.8. The Balaban J connectivity index is 4.43. The van der Waals surface area contributed by atoms with Crippen LogP contribution in [0.25, 0.3) is 0 Å². The lowest BCUT2D eigenvalue weighted by Crippen LogP contribution is -2.30. The summed E-state index contributed by atoms with van der Waals surface area (Å²) in [4.78, 5) is 38.5. The van der Waals surface area contributed by atoms with E-state index in [0.717, 1.165) is 116 Å². The van der Waals surface area contributed by atoms with Crippen LogP contribution >= 0.6 is 0 Å². The molecule has 0 saturated carbocycles. The number of allylic oxidation sites excluding steroid dienone is 16. The Kier molecular flexibility index (Phi) is 64.7. The molecular weight excluding hydrogens is 985 g/mol. The summed E-state index contributed by atoms with van der Waals surface area (Å²) in [6, 6.07) is 0. The Bertz CT molecular complexity index is 1560. The molecule has 0 rings (SSSR count). The van der Waals surface area contributed by atoms with Gasteiger partial charge in [-0.2, -0.15) is 0 Å². The maximum absolute atomic E-state index is 13.0. The SMILES string of the molecule is CC/C=C\C/C=C\C/C=C\C/C=C\C/C=C\C/C=C\CCCCCCC(=O)OCC(COC(=O)CCCCCCCCCCCCCCCCCCCC)OC(=O)CCCCCCCCCCC/C=C\C/C=C\CCCCCCC. The van der Waals surface area contributed by atoms with Crippen LogP contribution in [-0.2, 0) is 28.6 Å². The van der Waals surface area contributed by atoms with E-state index in [1.54, 1.807) is 0 Å². The molecule has 0 spiro atoms. The van der Waals surface area contributed by atoms with Gasteiger partial charge in [0.1, 0.15) is 13.2 Å². The molecule has 80 heavy (non-hydrogen) atoms. The fourth-order valence-electron chi connectivity index (χ4n) is 9.71. The van der Waals surface area contributed by atoms with Crippen molar-refractivity contribution in [2.75, 3.05) is 13.2 Å². The standard InChI is InChI=1S/C74H128O6/c1-4-7-10-13-16-19-22-25-28-31-34-36-37-39-40-43-46-49-52-55-58-61-64-67-73(76)79-70-71(69-78-72(75)66-63-60-57-54-51-48-45-42-33-30-27-24-21-18-15-12-9-6-3)80-74(77)68-65-62-59-56-53-50-47-44-41-38-35-32-29-26-23-20-17-14-11-8-5-2/h7,10,16,19,23,25-26,28,32,34-36,39-40,46,49,71H,4-6,8-9,11-15,17-18,20-22,24,27,29-31,33,37-38,41-45,47-48,50-70H2,1-3H3/b10-7-,19-16-,26-23-,28-25-,35-32-,36-34-,40-39-,49-46-. The Morgan fingerprint density at radius 3 is 0.762 bits per heavy atom. The van der Waals surface area contributed by atoms with E-state index in [-0.39, 0.29) is 31.1 Å². The number of ether oxygens (including phenoxy) is 3. The molecule has 0 aromatic rings. The van der Waals surface area contributed by atoms with E-state index in [2.05, 4.69) is 118 Å². The Morgan fingerprint density at radius 2 is 0.487 bits per heavy atom. The van der Waals surface area contributed by atoms with Crippen LogP contribution in [-0.4, -0.2) is 37.2 Å². The van der Waals surface area contributed by atoms with Gasteiger partial charge in [0, 0.05) is 19.3 Å². The van der Waals surface area contributed by atoms with Gasteiger partial charge in [0.2, 0.25) is 0 Å². The van der Waals surface area contributed by atoms with Gasteiger partial charge >= 0.3 is 17.9 Å². The highest BCUT2D eigenvalue weighted by Gasteiger charge is 2.19. The molecule has 0 radical (unpaired) electrons. The number of unbranched alkanes of at least 4 members (excludes halogenated alkanes) is 35. The normalized spacial score (nSPS) is 12.7. The molecule has 6 heteroatoms. The monoisotopic (exact) mass is 1110 g/mol. The molecule has 0 aromatic heterocycles. The van der Waals surface area contributed by atoms with E-state index >= 15 is 0 Å². The van der Waals surface area contributed by atoms with Crippen LogP contribution in [0, 0.1) is 0 Å². The van der Waals surface area contributed by atoms with Crippen molar-refractivity contribution in [2.24, 2.45) is 0 Å². The first-order chi connectivity index (χ1) is 39.5. The molecule has 0 bridgehead atoms. The third-order valence-corrected chi connectivity index (χ3v) is 14.8. The molecule has 0 aliphatic heterocycles. The number of esters is 3. The molecule has 1 unspecified atom stereocenters. The predicted molar refractivity (Wildman–Crippen MR) is 348 cm³/mol. The van der Waals surface area contributed by atoms with Crippen molar-refractivity contribution in [3.8, 4) is 0 Å². The number of hydrogen-bond donors (Lipinski definition) is 0. The second kappa shape index (κ2) is 67.8. The molecule has 0 fully saturated rings. The molecule has 460 valence electrons. The average Bonchev–Trinajstić information content (AvgIpc) is 3.46. The zero-order valence-electron chi connectivity index (χ0n) is 52.8. The number of rotatable bonds is 62. The average molecular weight is 1110 g/mol. The van der Waals surface area contributed by atoms with Crippen LogP contribution in [0.2, 0.25) is 0 Å². The van der Waals surface area contributed by atoms with Crippen LogP contribution in [0.4, 0.5) is 0 Å². The topological polar surface area (TPSA) is 78.9 Å². The highest BCUT2D eigenvalue weighted by molar-refractivity contribution is 5.71. The van der Waals surface area contributed by atoms with Gasteiger partial charge in [-0.1, -0.05) is 311 Å². The first kappa shape index (κ1) is 76.3. The highest BCUT2D eigenvalue weighted by Crippen LogP contribution is 2.17. The quantitative estimate of drug-likeness (QED) is 0.0261. The fraction of sp³-hybridized carbons (Fsp3) is 0.743. The summed E-state index contributed by atoms with van der Waals surface area (Å²) in [7, 11) is 0. The lowest BCUT2D eigenvalue weighted by Gasteiger charge is -2.18. The van der Waals surface area contributed by atoms with E-state index < -0.39 is 6.10 Å². The third-order valence-electron chi connectivity index (χ3n) is 14.8. The second-order valence-electron chi connectivity index (χ2n) is 22.7. The minimum atomic E-state index is -0.792. The van der Waals surface area contributed by atoms with E-state index in [4.69, 9.17) is 14.2 Å². The molecule has 0 aliphatic rings. The largest absolute Gasteiger partial charge is 0.462 e. The number of carbonyl (C=O) groups is 3. The van der Waals surface area contributed by atoms with Gasteiger partial charge in [-0.25, -0.2) is 0 Å². The summed E-state index contributed by atoms with van der Waals surface area (Å²) in [6.07, 6.45) is 91.3. The number of hydrogen-bond acceptors (Lipinski definition) is 6. The molecule has 1 atom stereocenters. The number of carbonyl (C=O) groups excluding carboxylic acids is 3. The van der Waals surface area contributed by atoms with E-state index in [9.17, 15) is 14.4 Å². The summed E-state index contributed by atoms with van der Waals surface area (Å²) in [6.45, 7) is 6.54. The van der Waals surface area contributed by atoms with Gasteiger partial charge in [-0.05, 0) is 103 Å². The van der Waals surface area contributed by atoms with Crippen molar-refractivity contribution in [2.45, 2.75) is 341 Å². The van der Waals surface area contributed by atoms with Gasteiger partial charge in [0.15, 0.2) is 6.10 Å². The van der Waals surface area contributed by atoms with E-state index in [0.29, 0.717) is 19.3 Å². The molecule has 0 amide bonds. The Hall–Kier alpha value is -3.67. The first-order valence-electron chi connectivity index (χ1n) is 34.2. The van der Waals surface area contributed by atoms with Gasteiger partial charge in [0.25, 0.3) is 0 Å². The molecular formula is C74H128O6. The molecule has 0 N–H and O–H groups in total. The van der Waals surface area contributed by atoms with Gasteiger partial charge in [-0.15, -0.1) is 0 Å². The molecule has 0 aliphatic carbocycles. The smallest absolute Gasteiger partial charge is 0.306 e. The van der Waals surface area contributed by atoms with Crippen LogP contribution in [0.3, 0.4) is 0 Å². The van der Waals surface area contributed by atoms with Crippen molar-refractivity contribution < 1.29 is 28.6 Å². The summed E-state index contributed by atoms with van der Waals surface area (Å²) in [5, 5.41) is 0. The minimum absolute atomic E-state index is 0.0849. The molecule has 0 saturated heterocycles. The predicted octanol–water partition coefficient (Wildman–Crippen LogP) is 23.6. The van der Waals surface area contributed by atoms with Gasteiger partial charge < -0.3 is 14.2 Å². The van der Waals surface area contributed by atoms with Crippen molar-refractivity contribution in [1.29, 1.82) is 0 Å². The summed E-state index contributed by atoms with van der Waals surface area (Å²) >= 11 is 0. The van der Waals surface area contributed by atoms with Crippen LogP contribution in [0.5, 0.6) is 0 Å². The maximum Gasteiger partial charge on any atom is 0.306 e. The first-order valence-corrected chi connectivity index (χ1v) is 34.2. The van der Waals surface area contributed by atoms with E-state index in [1.807, 2.05) is 0 Å². The Labute approximate surface area is 496 Å². The highest BCUT2D eigenvalue weighted by atomic mass is 16.6. The van der Waals surface area contributed by atoms with Crippen LogP contribution in [0.1, 0.15) is 335 Å². The minimum Gasteiger partial charge on any atom is -0.462 e. The summed E-state index contributed by atoms with van der Waals surface area (Å²) in [5.41, 5.74) is 0. The molecule has 6 nitrogen and oxygen atoms in total. The van der Waals surface area contributed by atoms with Crippen LogP contribution < -0.4 is 0 Å². The van der Waals surface area contributed by atoms with Crippen molar-refractivity contribution in [1.82, 2.24) is 0 Å². The zero-order valence-corrected chi connectivity index (χ0v) is 52.8. The summed E-state index contributed by atoms with van der Waals surface area (Å²) < 4.78 is 17.0. The molecule has 0 aromatic carbocycles. The lowest BCUT2D eigenvalue weighted by atomic mass is 10.0. The van der Waals surface area contributed by atoms with Gasteiger partial charge in [-0.3, -0.25) is 14.4 Å². The Morgan fingerprint density at radius 1 is 0.263 bits per heavy atom.